The van der Waals surface area contributed by atoms with Gasteiger partial charge in [0, 0.05) is 17.5 Å². The largest absolute Gasteiger partial charge is 0.385 e. The van der Waals surface area contributed by atoms with E-state index in [0.717, 1.165) is 0 Å². The summed E-state index contributed by atoms with van der Waals surface area (Å²) in [7, 11) is 0. The Morgan fingerprint density at radius 1 is 0.828 bits per heavy atom. The molecule has 2 aromatic rings. The second kappa shape index (κ2) is 8.22. The van der Waals surface area contributed by atoms with Crippen LogP contribution >= 0.6 is 0 Å². The lowest BCUT2D eigenvalue weighted by atomic mass is 9.99. The second-order valence-electron chi connectivity index (χ2n) is 5.85. The first kappa shape index (κ1) is 22.4. The van der Waals surface area contributed by atoms with Gasteiger partial charge < -0.3 is 5.32 Å². The van der Waals surface area contributed by atoms with E-state index in [4.69, 9.17) is 0 Å². The summed E-state index contributed by atoms with van der Waals surface area (Å²) >= 11 is 0. The summed E-state index contributed by atoms with van der Waals surface area (Å²) in [6.45, 7) is 0. The third-order valence-electron chi connectivity index (χ3n) is 3.81. The summed E-state index contributed by atoms with van der Waals surface area (Å²) in [5, 5.41) is 2.54. The monoisotopic (exact) mass is 423 g/mol. The minimum atomic E-state index is -6.61. The van der Waals surface area contributed by atoms with Crippen LogP contribution in [0.5, 0.6) is 0 Å². The van der Waals surface area contributed by atoms with E-state index in [-0.39, 0.29) is 17.3 Å². The molecule has 29 heavy (non-hydrogen) atoms. The van der Waals surface area contributed by atoms with Crippen LogP contribution in [0.2, 0.25) is 0 Å². The molecule has 0 amide bonds. The number of anilines is 1. The fourth-order valence-electron chi connectivity index (χ4n) is 2.21. The number of nitrogens with one attached hydrogen (secondary N) is 1. The lowest BCUT2D eigenvalue weighted by Gasteiger charge is -2.30. The van der Waals surface area contributed by atoms with E-state index in [9.17, 15) is 39.9 Å². The molecule has 0 aliphatic carbocycles. The van der Waals surface area contributed by atoms with Crippen molar-refractivity contribution in [2.45, 2.75) is 24.2 Å². The van der Waals surface area contributed by atoms with Gasteiger partial charge in [-0.1, -0.05) is 48.5 Å². The molecule has 2 rings (SSSR count). The molecule has 10 heteroatoms. The minimum Gasteiger partial charge on any atom is -0.355 e. The zero-order valence-corrected chi connectivity index (χ0v) is 14.4. The highest BCUT2D eigenvalue weighted by molar-refractivity contribution is 6.03. The molecule has 0 bridgehead atoms. The zero-order chi connectivity index (χ0) is 21.9. The Kier molecular flexibility index (Phi) is 6.34. The van der Waals surface area contributed by atoms with Gasteiger partial charge in [0.15, 0.2) is 0 Å². The molecule has 0 saturated carbocycles. The lowest BCUT2D eigenvalue weighted by Crippen LogP contribution is -2.60. The Bertz CT molecular complexity index is 866. The van der Waals surface area contributed by atoms with E-state index in [2.05, 4.69) is 5.32 Å². The first-order valence-corrected chi connectivity index (χ1v) is 7.96. The number of hydrogen-bond donors (Lipinski definition) is 1. The fraction of sp³-hybridized carbons (Fsp3) is 0.211. The lowest BCUT2D eigenvalue weighted by molar-refractivity contribution is -0.326. The molecule has 0 unspecified atom stereocenters. The molecule has 0 saturated heterocycles. The van der Waals surface area contributed by atoms with Gasteiger partial charge in [0.2, 0.25) is 5.78 Å². The summed E-state index contributed by atoms with van der Waals surface area (Å²) in [6, 6.07) is 14.7. The SMILES string of the molecule is O=C(/C=C(\Nc1ccccc1)c1ccccc1)C(F)(F)C(F)(F)C(F)(F)C(F)F. The van der Waals surface area contributed by atoms with Crippen molar-refractivity contribution in [3.05, 3.63) is 72.3 Å². The van der Waals surface area contributed by atoms with Crippen LogP contribution in [-0.4, -0.2) is 30.0 Å². The van der Waals surface area contributed by atoms with E-state index in [1.807, 2.05) is 0 Å². The van der Waals surface area contributed by atoms with Crippen molar-refractivity contribution in [1.82, 2.24) is 0 Å². The third-order valence-corrected chi connectivity index (χ3v) is 3.81. The molecule has 0 spiro atoms. The highest BCUT2D eigenvalue weighted by Crippen LogP contribution is 2.49. The van der Waals surface area contributed by atoms with Crippen LogP contribution in [0, 0.1) is 0 Å². The van der Waals surface area contributed by atoms with Gasteiger partial charge in [-0.3, -0.25) is 4.79 Å². The number of carbonyl (C=O) groups excluding carboxylic acids is 1. The molecule has 1 N–H and O–H groups in total. The van der Waals surface area contributed by atoms with Crippen LogP contribution in [0.1, 0.15) is 5.56 Å². The Balaban J connectivity index is 2.47. The number of ketones is 1. The maximum atomic E-state index is 13.9. The number of hydrogen-bond acceptors (Lipinski definition) is 2. The number of carbonyl (C=O) groups is 1. The number of halogens is 8. The van der Waals surface area contributed by atoms with Crippen LogP contribution in [0.25, 0.3) is 5.70 Å². The van der Waals surface area contributed by atoms with Crippen LogP contribution in [-0.2, 0) is 4.79 Å². The second-order valence-corrected chi connectivity index (χ2v) is 5.85. The van der Waals surface area contributed by atoms with Gasteiger partial charge >= 0.3 is 24.2 Å². The molecule has 0 heterocycles. The average molecular weight is 423 g/mol. The first-order chi connectivity index (χ1) is 13.4. The van der Waals surface area contributed by atoms with E-state index in [1.165, 1.54) is 42.5 Å². The van der Waals surface area contributed by atoms with Crippen molar-refractivity contribution < 1.29 is 39.9 Å². The van der Waals surface area contributed by atoms with Gasteiger partial charge in [0.05, 0.1) is 0 Å². The van der Waals surface area contributed by atoms with Crippen molar-refractivity contribution in [3.8, 4) is 0 Å². The molecule has 0 aromatic heterocycles. The molecule has 0 radical (unpaired) electrons. The predicted octanol–water partition coefficient (Wildman–Crippen LogP) is 5.88. The predicted molar refractivity (Wildman–Crippen MR) is 90.3 cm³/mol. The van der Waals surface area contributed by atoms with Gasteiger partial charge in [-0.15, -0.1) is 0 Å². The summed E-state index contributed by atoms with van der Waals surface area (Å²) in [4.78, 5) is 11.8. The highest BCUT2D eigenvalue weighted by Gasteiger charge is 2.77. The van der Waals surface area contributed by atoms with Crippen molar-refractivity contribution >= 4 is 17.2 Å². The van der Waals surface area contributed by atoms with Crippen LogP contribution in [0.4, 0.5) is 40.8 Å². The van der Waals surface area contributed by atoms with Crippen molar-refractivity contribution in [3.63, 3.8) is 0 Å². The van der Waals surface area contributed by atoms with Crippen molar-refractivity contribution in [1.29, 1.82) is 0 Å². The Hall–Kier alpha value is -2.91. The summed E-state index contributed by atoms with van der Waals surface area (Å²) in [6.07, 6.45) is -5.12. The number of alkyl halides is 8. The van der Waals surface area contributed by atoms with E-state index in [0.29, 0.717) is 0 Å². The molecule has 0 aliphatic heterocycles. The molecule has 0 fully saturated rings. The molecule has 0 atom stereocenters. The van der Waals surface area contributed by atoms with Crippen molar-refractivity contribution in [2.75, 3.05) is 5.32 Å². The molecular weight excluding hydrogens is 410 g/mol. The minimum absolute atomic E-state index is 0.0161. The molecular formula is C19H13F8NO. The zero-order valence-electron chi connectivity index (χ0n) is 14.4. The first-order valence-electron chi connectivity index (χ1n) is 7.96. The maximum Gasteiger partial charge on any atom is 0.385 e. The summed E-state index contributed by atoms with van der Waals surface area (Å²) in [5.74, 6) is -21.9. The van der Waals surface area contributed by atoms with E-state index in [1.54, 1.807) is 18.2 Å². The van der Waals surface area contributed by atoms with Crippen LogP contribution < -0.4 is 5.32 Å². The van der Waals surface area contributed by atoms with E-state index < -0.39 is 35.7 Å². The molecule has 2 aromatic carbocycles. The molecule has 156 valence electrons. The Morgan fingerprint density at radius 2 is 1.31 bits per heavy atom. The maximum absolute atomic E-state index is 13.9. The normalized spacial score (nSPS) is 13.5. The summed E-state index contributed by atoms with van der Waals surface area (Å²) < 4.78 is 105. The smallest absolute Gasteiger partial charge is 0.355 e. The van der Waals surface area contributed by atoms with Gasteiger partial charge in [-0.25, -0.2) is 8.78 Å². The number of allylic oxidation sites excluding steroid dienone is 1. The Morgan fingerprint density at radius 3 is 1.79 bits per heavy atom. The molecule has 0 aliphatic rings. The van der Waals surface area contributed by atoms with Gasteiger partial charge in [-0.05, 0) is 17.7 Å². The average Bonchev–Trinajstić information content (AvgIpc) is 2.68. The van der Waals surface area contributed by atoms with Crippen LogP contribution in [0.3, 0.4) is 0 Å². The number of rotatable bonds is 8. The van der Waals surface area contributed by atoms with E-state index >= 15 is 0 Å². The Labute approximate surface area is 159 Å². The van der Waals surface area contributed by atoms with Crippen LogP contribution in [0.15, 0.2) is 66.7 Å². The van der Waals surface area contributed by atoms with Gasteiger partial charge in [0.25, 0.3) is 0 Å². The van der Waals surface area contributed by atoms with Crippen molar-refractivity contribution in [2.24, 2.45) is 0 Å². The quantitative estimate of drug-likeness (QED) is 0.425. The number of para-hydroxylation sites is 1. The topological polar surface area (TPSA) is 29.1 Å². The molecule has 2 nitrogen and oxygen atoms in total. The fourth-order valence-corrected chi connectivity index (χ4v) is 2.21. The van der Waals surface area contributed by atoms with Gasteiger partial charge in [-0.2, -0.15) is 26.3 Å². The third kappa shape index (κ3) is 4.41. The standard InChI is InChI=1S/C19H13F8NO/c20-16(21)18(24,25)19(26,27)17(22,23)15(29)11-14(12-7-3-1-4-8-12)28-13-9-5-2-6-10-13/h1-11,16,28H/b14-11-. The van der Waals surface area contributed by atoms with Gasteiger partial charge in [0.1, 0.15) is 0 Å². The summed E-state index contributed by atoms with van der Waals surface area (Å²) in [5.41, 5.74) is -0.0644. The highest BCUT2D eigenvalue weighted by atomic mass is 19.4. The number of benzene rings is 2.